The van der Waals surface area contributed by atoms with Crippen molar-refractivity contribution < 1.29 is 19.1 Å². The van der Waals surface area contributed by atoms with Gasteiger partial charge in [0, 0.05) is 29.7 Å². The molecule has 1 aliphatic carbocycles. The Balaban J connectivity index is 1.41. The van der Waals surface area contributed by atoms with Gasteiger partial charge in [-0.15, -0.1) is 11.8 Å². The zero-order valence-electron chi connectivity index (χ0n) is 24.1. The number of anilines is 1. The zero-order chi connectivity index (χ0) is 28.3. The molecule has 2 saturated heterocycles. The second-order valence-electron chi connectivity index (χ2n) is 11.6. The van der Waals surface area contributed by atoms with E-state index in [-0.39, 0.29) is 23.8 Å². The highest BCUT2D eigenvalue weighted by Gasteiger charge is 2.72. The van der Waals surface area contributed by atoms with E-state index >= 15 is 0 Å². The molecule has 1 saturated carbocycles. The Kier molecular flexibility index (Phi) is 9.22. The molecule has 5 rings (SSSR count). The molecule has 9 heteroatoms. The molecule has 3 fully saturated rings. The van der Waals surface area contributed by atoms with Gasteiger partial charge in [-0.3, -0.25) is 14.4 Å². The minimum atomic E-state index is -1.12. The number of amides is 3. The number of carbonyl (C=O) groups excluding carboxylic acids is 3. The summed E-state index contributed by atoms with van der Waals surface area (Å²) >= 11 is 1.61. The predicted molar refractivity (Wildman–Crippen MR) is 158 cm³/mol. The molecule has 0 radical (unpaired) electrons. The van der Waals surface area contributed by atoms with E-state index in [0.29, 0.717) is 18.8 Å². The van der Waals surface area contributed by atoms with Gasteiger partial charge in [-0.1, -0.05) is 51.3 Å². The van der Waals surface area contributed by atoms with Gasteiger partial charge in [-0.25, -0.2) is 0 Å². The Morgan fingerprint density at radius 2 is 1.85 bits per heavy atom. The van der Waals surface area contributed by atoms with Gasteiger partial charge in [0.05, 0.1) is 17.9 Å². The Labute approximate surface area is 242 Å². The van der Waals surface area contributed by atoms with Crippen molar-refractivity contribution in [3.8, 4) is 0 Å². The fourth-order valence-electron chi connectivity index (χ4n) is 7.18. The van der Waals surface area contributed by atoms with Crippen molar-refractivity contribution in [3.05, 3.63) is 36.4 Å². The van der Waals surface area contributed by atoms with Gasteiger partial charge in [0.15, 0.2) is 0 Å². The van der Waals surface area contributed by atoms with Gasteiger partial charge in [0.2, 0.25) is 17.7 Å². The summed E-state index contributed by atoms with van der Waals surface area (Å²) in [5, 5.41) is 6.31. The Morgan fingerprint density at radius 1 is 1.10 bits per heavy atom. The summed E-state index contributed by atoms with van der Waals surface area (Å²) in [6.07, 6.45) is 12.6. The third kappa shape index (κ3) is 5.57. The summed E-state index contributed by atoms with van der Waals surface area (Å²) in [7, 11) is 0. The van der Waals surface area contributed by atoms with Crippen LogP contribution in [0.4, 0.5) is 5.69 Å². The lowest BCUT2D eigenvalue weighted by atomic mass is 9.74. The average Bonchev–Trinajstić information content (AvgIpc) is 3.60. The van der Waals surface area contributed by atoms with E-state index in [1.165, 1.54) is 6.42 Å². The van der Waals surface area contributed by atoms with Crippen LogP contribution in [0.25, 0.3) is 0 Å². The van der Waals surface area contributed by atoms with Gasteiger partial charge >= 0.3 is 0 Å². The van der Waals surface area contributed by atoms with Crippen LogP contribution in [0, 0.1) is 11.8 Å². The number of likely N-dealkylation sites (tertiary alicyclic amines) is 1. The average molecular weight is 569 g/mol. The van der Waals surface area contributed by atoms with Crippen LogP contribution in [0.3, 0.4) is 0 Å². The van der Waals surface area contributed by atoms with Crippen LogP contribution < -0.4 is 10.6 Å². The molecule has 3 heterocycles. The van der Waals surface area contributed by atoms with Crippen molar-refractivity contribution in [2.45, 2.75) is 87.5 Å². The molecule has 1 aromatic rings. The Hall–Kier alpha value is -2.36. The maximum atomic E-state index is 14.2. The molecule has 218 valence electrons. The molecule has 5 atom stereocenters. The standard InChI is InChI=1S/C31H44N4O4S/c1-4-16-34(17-5-2)18-19-35-27(29(37)32-21-10-7-6-8-11-21)31-15-14-24(39-31)25(26(31)30(35)38)28(36)33-22-12-9-13-23(20-22)40-3/h9,12-15,20-21,24-27H,4-8,10-11,16-19H2,1-3H3,(H,32,37)(H,33,36)/t24-,25+,26-,27-,31-/m0/s1. The number of nitrogens with one attached hydrogen (secondary N) is 2. The smallest absolute Gasteiger partial charge is 0.246 e. The second-order valence-corrected chi connectivity index (χ2v) is 12.5. The number of ether oxygens (including phenoxy) is 1. The van der Waals surface area contributed by atoms with E-state index < -0.39 is 29.6 Å². The molecule has 0 unspecified atom stereocenters. The van der Waals surface area contributed by atoms with E-state index in [0.717, 1.165) is 56.5 Å². The first kappa shape index (κ1) is 29.1. The van der Waals surface area contributed by atoms with Crippen LogP contribution in [0.5, 0.6) is 0 Å². The Bertz CT molecular complexity index is 1120. The molecule has 1 spiro atoms. The molecular weight excluding hydrogens is 524 g/mol. The molecule has 2 N–H and O–H groups in total. The SMILES string of the molecule is CCCN(CCC)CCN1C(=O)[C@@H]2[C@H](C(=O)Nc3cccc(SC)c3)[C@@H]3C=C[C@@]2(O3)[C@@H]1C(=O)NC1CCCCC1. The van der Waals surface area contributed by atoms with Crippen LogP contribution in [0.1, 0.15) is 58.8 Å². The summed E-state index contributed by atoms with van der Waals surface area (Å²) in [6, 6.07) is 7.03. The molecular formula is C31H44N4O4S. The molecule has 40 heavy (non-hydrogen) atoms. The molecule has 3 amide bonds. The van der Waals surface area contributed by atoms with Crippen LogP contribution in [-0.4, -0.2) is 83.7 Å². The predicted octanol–water partition coefficient (Wildman–Crippen LogP) is 4.07. The number of thioether (sulfide) groups is 1. The lowest BCUT2D eigenvalue weighted by Crippen LogP contribution is -2.57. The number of fused-ring (bicyclic) bond motifs is 1. The van der Waals surface area contributed by atoms with Gasteiger partial charge in [0.1, 0.15) is 11.6 Å². The first-order chi connectivity index (χ1) is 19.4. The monoisotopic (exact) mass is 568 g/mol. The highest BCUT2D eigenvalue weighted by Crippen LogP contribution is 2.55. The third-order valence-electron chi connectivity index (χ3n) is 8.95. The van der Waals surface area contributed by atoms with Crippen molar-refractivity contribution in [1.82, 2.24) is 15.1 Å². The van der Waals surface area contributed by atoms with Crippen LogP contribution in [-0.2, 0) is 19.1 Å². The van der Waals surface area contributed by atoms with Crippen molar-refractivity contribution in [1.29, 1.82) is 0 Å². The van der Waals surface area contributed by atoms with Crippen molar-refractivity contribution >= 4 is 35.2 Å². The first-order valence-electron chi connectivity index (χ1n) is 15.1. The van der Waals surface area contributed by atoms with E-state index in [1.54, 1.807) is 16.7 Å². The van der Waals surface area contributed by atoms with Gasteiger partial charge < -0.3 is 25.2 Å². The third-order valence-corrected chi connectivity index (χ3v) is 9.68. The van der Waals surface area contributed by atoms with E-state index in [9.17, 15) is 14.4 Å². The number of hydrogen-bond acceptors (Lipinski definition) is 6. The maximum Gasteiger partial charge on any atom is 0.246 e. The lowest BCUT2D eigenvalue weighted by molar-refractivity contribution is -0.141. The lowest BCUT2D eigenvalue weighted by Gasteiger charge is -2.35. The summed E-state index contributed by atoms with van der Waals surface area (Å²) in [4.78, 5) is 47.0. The normalized spacial score (nSPS) is 29.3. The second kappa shape index (κ2) is 12.7. The van der Waals surface area contributed by atoms with E-state index in [2.05, 4.69) is 29.4 Å². The van der Waals surface area contributed by atoms with Gasteiger partial charge in [-0.2, -0.15) is 0 Å². The minimum Gasteiger partial charge on any atom is -0.359 e. The molecule has 2 bridgehead atoms. The molecule has 1 aromatic carbocycles. The summed E-state index contributed by atoms with van der Waals surface area (Å²) in [5.41, 5.74) is -0.425. The molecule has 3 aliphatic heterocycles. The number of hydrogen-bond donors (Lipinski definition) is 2. The fourth-order valence-corrected chi connectivity index (χ4v) is 7.64. The van der Waals surface area contributed by atoms with Crippen molar-refractivity contribution in [2.24, 2.45) is 11.8 Å². The van der Waals surface area contributed by atoms with Crippen LogP contribution in [0.15, 0.2) is 41.3 Å². The number of nitrogens with zero attached hydrogens (tertiary/aromatic N) is 2. The van der Waals surface area contributed by atoms with Crippen molar-refractivity contribution in [3.63, 3.8) is 0 Å². The number of benzene rings is 1. The topological polar surface area (TPSA) is 91.0 Å². The van der Waals surface area contributed by atoms with Crippen LogP contribution >= 0.6 is 11.8 Å². The van der Waals surface area contributed by atoms with Gasteiger partial charge in [-0.05, 0) is 63.2 Å². The van der Waals surface area contributed by atoms with E-state index in [4.69, 9.17) is 4.74 Å². The Morgan fingerprint density at radius 3 is 2.55 bits per heavy atom. The minimum absolute atomic E-state index is 0.121. The van der Waals surface area contributed by atoms with E-state index in [1.807, 2.05) is 42.7 Å². The highest BCUT2D eigenvalue weighted by molar-refractivity contribution is 7.98. The number of carbonyl (C=O) groups is 3. The van der Waals surface area contributed by atoms with Gasteiger partial charge in [0.25, 0.3) is 0 Å². The first-order valence-corrected chi connectivity index (χ1v) is 16.3. The summed E-state index contributed by atoms with van der Waals surface area (Å²) < 4.78 is 6.51. The number of rotatable bonds is 12. The summed E-state index contributed by atoms with van der Waals surface area (Å²) in [6.45, 7) is 7.33. The largest absolute Gasteiger partial charge is 0.359 e. The molecule has 0 aromatic heterocycles. The highest BCUT2D eigenvalue weighted by atomic mass is 32.2. The molecule has 4 aliphatic rings. The maximum absolute atomic E-state index is 14.2. The summed E-state index contributed by atoms with van der Waals surface area (Å²) in [5.74, 6) is -1.95. The fraction of sp³-hybridized carbons (Fsp3) is 0.645. The van der Waals surface area contributed by atoms with Crippen molar-refractivity contribution in [2.75, 3.05) is 37.8 Å². The molecule has 8 nitrogen and oxygen atoms in total. The zero-order valence-corrected chi connectivity index (χ0v) is 24.9. The van der Waals surface area contributed by atoms with Crippen LogP contribution in [0.2, 0.25) is 0 Å². The quantitative estimate of drug-likeness (QED) is 0.292.